The van der Waals surface area contributed by atoms with Gasteiger partial charge in [-0.15, -0.1) is 0 Å². The first kappa shape index (κ1) is 14.8. The van der Waals surface area contributed by atoms with Crippen molar-refractivity contribution in [1.29, 1.82) is 0 Å². The Morgan fingerprint density at radius 1 is 1.30 bits per heavy atom. The molecule has 2 rings (SSSR count). The molecule has 20 heavy (non-hydrogen) atoms. The molecule has 0 aliphatic carbocycles. The Morgan fingerprint density at radius 3 is 2.75 bits per heavy atom. The second-order valence-electron chi connectivity index (χ2n) is 5.52. The Morgan fingerprint density at radius 2 is 2.05 bits per heavy atom. The van der Waals surface area contributed by atoms with Gasteiger partial charge in [0.15, 0.2) is 0 Å². The standard InChI is InChI=1S/C15H17BrN2O2/c1-15(2,3)20-14(19)18-9-13-7-10-4-5-12(16)6-11(10)8-17-13/h4-8H,9H2,1-3H3,(H,18,19). The molecule has 0 spiro atoms. The lowest BCUT2D eigenvalue weighted by atomic mass is 10.1. The van der Waals surface area contributed by atoms with Gasteiger partial charge >= 0.3 is 6.09 Å². The SMILES string of the molecule is CC(C)(C)OC(=O)NCc1cc2ccc(Br)cc2cn1. The monoisotopic (exact) mass is 336 g/mol. The number of fused-ring (bicyclic) bond motifs is 1. The highest BCUT2D eigenvalue weighted by Crippen LogP contribution is 2.19. The van der Waals surface area contributed by atoms with Crippen LogP contribution >= 0.6 is 15.9 Å². The Bertz CT molecular complexity index is 635. The van der Waals surface area contributed by atoms with Crippen LogP contribution in [0.5, 0.6) is 0 Å². The smallest absolute Gasteiger partial charge is 0.407 e. The van der Waals surface area contributed by atoms with Gasteiger partial charge in [0.2, 0.25) is 0 Å². The number of ether oxygens (including phenoxy) is 1. The fourth-order valence-corrected chi connectivity index (χ4v) is 2.11. The van der Waals surface area contributed by atoms with E-state index in [9.17, 15) is 4.79 Å². The molecule has 1 amide bonds. The van der Waals surface area contributed by atoms with Crippen LogP contribution in [0.2, 0.25) is 0 Å². The van der Waals surface area contributed by atoms with Gasteiger partial charge in [-0.2, -0.15) is 0 Å². The molecule has 0 saturated heterocycles. The normalized spacial score (nSPS) is 11.4. The van der Waals surface area contributed by atoms with E-state index in [4.69, 9.17) is 4.74 Å². The summed E-state index contributed by atoms with van der Waals surface area (Å²) >= 11 is 3.43. The summed E-state index contributed by atoms with van der Waals surface area (Å²) in [4.78, 5) is 15.9. The summed E-state index contributed by atoms with van der Waals surface area (Å²) in [7, 11) is 0. The molecule has 0 aliphatic heterocycles. The Hall–Kier alpha value is -1.62. The number of pyridine rings is 1. The number of halogens is 1. The maximum Gasteiger partial charge on any atom is 0.407 e. The van der Waals surface area contributed by atoms with Crippen molar-refractivity contribution < 1.29 is 9.53 Å². The highest BCUT2D eigenvalue weighted by atomic mass is 79.9. The van der Waals surface area contributed by atoms with Crippen LogP contribution in [-0.4, -0.2) is 16.7 Å². The van der Waals surface area contributed by atoms with Gasteiger partial charge in [-0.05, 0) is 44.4 Å². The van der Waals surface area contributed by atoms with Crippen molar-refractivity contribution in [3.05, 3.63) is 40.6 Å². The van der Waals surface area contributed by atoms with E-state index in [2.05, 4.69) is 26.2 Å². The lowest BCUT2D eigenvalue weighted by Gasteiger charge is -2.19. The number of nitrogens with one attached hydrogen (secondary N) is 1. The average Bonchev–Trinajstić information content (AvgIpc) is 2.34. The second kappa shape index (κ2) is 5.79. The number of hydrogen-bond acceptors (Lipinski definition) is 3. The number of benzene rings is 1. The van der Waals surface area contributed by atoms with E-state index >= 15 is 0 Å². The first-order valence-electron chi connectivity index (χ1n) is 6.34. The van der Waals surface area contributed by atoms with Crippen molar-refractivity contribution in [1.82, 2.24) is 10.3 Å². The first-order valence-corrected chi connectivity index (χ1v) is 7.14. The highest BCUT2D eigenvalue weighted by molar-refractivity contribution is 9.10. The maximum absolute atomic E-state index is 11.6. The molecule has 0 fully saturated rings. The summed E-state index contributed by atoms with van der Waals surface area (Å²) in [6.45, 7) is 5.84. The van der Waals surface area contributed by atoms with Gasteiger partial charge in [-0.3, -0.25) is 4.98 Å². The van der Waals surface area contributed by atoms with Crippen molar-refractivity contribution >= 4 is 32.8 Å². The molecule has 4 nitrogen and oxygen atoms in total. The zero-order valence-electron chi connectivity index (χ0n) is 11.7. The molecule has 0 bridgehead atoms. The number of rotatable bonds is 2. The number of hydrogen-bond donors (Lipinski definition) is 1. The van der Waals surface area contributed by atoms with Crippen molar-refractivity contribution in [2.75, 3.05) is 0 Å². The Balaban J connectivity index is 2.03. The molecule has 1 N–H and O–H groups in total. The molecule has 106 valence electrons. The third kappa shape index (κ3) is 4.20. The van der Waals surface area contributed by atoms with Crippen molar-refractivity contribution in [2.45, 2.75) is 32.9 Å². The summed E-state index contributed by atoms with van der Waals surface area (Å²) in [5.41, 5.74) is 0.304. The van der Waals surface area contributed by atoms with E-state index in [-0.39, 0.29) is 0 Å². The van der Waals surface area contributed by atoms with Gasteiger partial charge in [0.1, 0.15) is 5.60 Å². The average molecular weight is 337 g/mol. The third-order valence-electron chi connectivity index (χ3n) is 2.55. The predicted molar refractivity (Wildman–Crippen MR) is 82.5 cm³/mol. The van der Waals surface area contributed by atoms with Crippen LogP contribution in [0, 0.1) is 0 Å². The second-order valence-corrected chi connectivity index (χ2v) is 6.44. The molecular weight excluding hydrogens is 320 g/mol. The van der Waals surface area contributed by atoms with Gasteiger partial charge in [-0.25, -0.2) is 4.79 Å². The van der Waals surface area contributed by atoms with Crippen LogP contribution < -0.4 is 5.32 Å². The van der Waals surface area contributed by atoms with E-state index in [0.717, 1.165) is 20.9 Å². The van der Waals surface area contributed by atoms with Crippen LogP contribution in [0.3, 0.4) is 0 Å². The van der Waals surface area contributed by atoms with E-state index in [1.807, 2.05) is 45.0 Å². The topological polar surface area (TPSA) is 51.2 Å². The number of alkyl carbamates (subject to hydrolysis) is 1. The number of aromatic nitrogens is 1. The molecule has 2 aromatic rings. The van der Waals surface area contributed by atoms with Gasteiger partial charge < -0.3 is 10.1 Å². The first-order chi connectivity index (χ1) is 9.33. The number of carbonyl (C=O) groups is 1. The largest absolute Gasteiger partial charge is 0.444 e. The Kier molecular flexibility index (Phi) is 4.28. The quantitative estimate of drug-likeness (QED) is 0.900. The summed E-state index contributed by atoms with van der Waals surface area (Å²) in [5.74, 6) is 0. The van der Waals surface area contributed by atoms with Gasteiger partial charge in [0.05, 0.1) is 12.2 Å². The molecule has 0 unspecified atom stereocenters. The zero-order valence-corrected chi connectivity index (χ0v) is 13.3. The lowest BCUT2D eigenvalue weighted by molar-refractivity contribution is 0.0523. The molecule has 0 atom stereocenters. The van der Waals surface area contributed by atoms with Gasteiger partial charge in [0, 0.05) is 16.1 Å². The molecule has 5 heteroatoms. The lowest BCUT2D eigenvalue weighted by Crippen LogP contribution is -2.32. The number of amides is 1. The fraction of sp³-hybridized carbons (Fsp3) is 0.333. The minimum absolute atomic E-state index is 0.348. The van der Waals surface area contributed by atoms with Crippen LogP contribution in [-0.2, 0) is 11.3 Å². The van der Waals surface area contributed by atoms with Crippen LogP contribution in [0.4, 0.5) is 4.79 Å². The molecular formula is C15H17BrN2O2. The van der Waals surface area contributed by atoms with Crippen molar-refractivity contribution in [3.63, 3.8) is 0 Å². The van der Waals surface area contributed by atoms with Crippen LogP contribution in [0.25, 0.3) is 10.8 Å². The van der Waals surface area contributed by atoms with Crippen LogP contribution in [0.15, 0.2) is 34.9 Å². The summed E-state index contributed by atoms with van der Waals surface area (Å²) in [6, 6.07) is 7.96. The minimum Gasteiger partial charge on any atom is -0.444 e. The Labute approximate surface area is 126 Å². The number of nitrogens with zero attached hydrogens (tertiary/aromatic N) is 1. The molecule has 0 saturated carbocycles. The molecule has 1 aromatic heterocycles. The van der Waals surface area contributed by atoms with E-state index < -0.39 is 11.7 Å². The summed E-state index contributed by atoms with van der Waals surface area (Å²) < 4.78 is 6.20. The highest BCUT2D eigenvalue weighted by Gasteiger charge is 2.15. The van der Waals surface area contributed by atoms with E-state index in [1.165, 1.54) is 0 Å². The minimum atomic E-state index is -0.493. The number of carbonyl (C=O) groups excluding carboxylic acids is 1. The fourth-order valence-electron chi connectivity index (χ4n) is 1.73. The molecule has 1 aromatic carbocycles. The van der Waals surface area contributed by atoms with Gasteiger partial charge in [-0.1, -0.05) is 22.0 Å². The maximum atomic E-state index is 11.6. The van der Waals surface area contributed by atoms with Crippen LogP contribution in [0.1, 0.15) is 26.5 Å². The molecule has 0 aliphatic rings. The predicted octanol–water partition coefficient (Wildman–Crippen LogP) is 4.02. The third-order valence-corrected chi connectivity index (χ3v) is 3.05. The zero-order chi connectivity index (χ0) is 14.8. The van der Waals surface area contributed by atoms with E-state index in [0.29, 0.717) is 6.54 Å². The van der Waals surface area contributed by atoms with Crippen molar-refractivity contribution in [2.24, 2.45) is 0 Å². The summed E-state index contributed by atoms with van der Waals surface area (Å²) in [5, 5.41) is 4.84. The molecule has 0 radical (unpaired) electrons. The van der Waals surface area contributed by atoms with Gasteiger partial charge in [0.25, 0.3) is 0 Å². The van der Waals surface area contributed by atoms with Crippen molar-refractivity contribution in [3.8, 4) is 0 Å². The summed E-state index contributed by atoms with van der Waals surface area (Å²) in [6.07, 6.45) is 1.36. The van der Waals surface area contributed by atoms with E-state index in [1.54, 1.807) is 6.20 Å². The molecule has 1 heterocycles.